The van der Waals surface area contributed by atoms with Crippen molar-refractivity contribution in [3.8, 4) is 0 Å². The summed E-state index contributed by atoms with van der Waals surface area (Å²) < 4.78 is 44.3. The zero-order valence-corrected chi connectivity index (χ0v) is 16.9. The minimum absolute atomic E-state index is 0.00210. The van der Waals surface area contributed by atoms with Crippen LogP contribution in [0.25, 0.3) is 0 Å². The lowest BCUT2D eigenvalue weighted by molar-refractivity contribution is 0.0474. The summed E-state index contributed by atoms with van der Waals surface area (Å²) in [6.07, 6.45) is 0. The van der Waals surface area contributed by atoms with Crippen LogP contribution in [0.3, 0.4) is 0 Å². The molecule has 0 amide bonds. The van der Waals surface area contributed by atoms with E-state index in [1.165, 1.54) is 28.6 Å². The van der Waals surface area contributed by atoms with Crippen molar-refractivity contribution in [2.45, 2.75) is 18.7 Å². The zero-order valence-electron chi connectivity index (χ0n) is 15.3. The molecule has 2 rings (SSSR count). The molecule has 0 N–H and O–H groups in total. The van der Waals surface area contributed by atoms with Crippen LogP contribution in [0.1, 0.15) is 34.6 Å². The monoisotopic (exact) mass is 427 g/mol. The summed E-state index contributed by atoms with van der Waals surface area (Å²) in [7, 11) is -3.79. The van der Waals surface area contributed by atoms with E-state index in [2.05, 4.69) is 0 Å². The second-order valence-corrected chi connectivity index (χ2v) is 8.08. The predicted octanol–water partition coefficient (Wildman–Crippen LogP) is 3.55. The summed E-state index contributed by atoms with van der Waals surface area (Å²) in [5.74, 6) is -1.96. The molecule has 9 heteroatoms. The lowest BCUT2D eigenvalue weighted by Crippen LogP contribution is -2.30. The highest BCUT2D eigenvalue weighted by molar-refractivity contribution is 7.89. The first-order valence-electron chi connectivity index (χ1n) is 8.46. The Hall–Kier alpha value is -2.29. The molecule has 2 aromatic rings. The Kier molecular flexibility index (Phi) is 7.29. The molecule has 0 aliphatic heterocycles. The summed E-state index contributed by atoms with van der Waals surface area (Å²) in [4.78, 5) is 24.3. The van der Waals surface area contributed by atoms with E-state index in [4.69, 9.17) is 16.3 Å². The van der Waals surface area contributed by atoms with Gasteiger partial charge in [0.25, 0.3) is 0 Å². The van der Waals surface area contributed by atoms with Gasteiger partial charge in [0, 0.05) is 18.7 Å². The summed E-state index contributed by atoms with van der Waals surface area (Å²) in [5.41, 5.74) is 0.0139. The van der Waals surface area contributed by atoms with Crippen molar-refractivity contribution in [2.75, 3.05) is 19.7 Å². The number of ether oxygens (including phenoxy) is 1. The lowest BCUT2D eigenvalue weighted by Gasteiger charge is -2.19. The number of Topliss-reactive ketones (excluding diaryl/α,β-unsaturated/α-hetero) is 1. The number of halogens is 2. The van der Waals surface area contributed by atoms with E-state index in [1.807, 2.05) is 0 Å². The van der Waals surface area contributed by atoms with Crippen molar-refractivity contribution in [1.29, 1.82) is 0 Å². The third-order valence-corrected chi connectivity index (χ3v) is 6.38. The Morgan fingerprint density at radius 3 is 2.25 bits per heavy atom. The van der Waals surface area contributed by atoms with Gasteiger partial charge in [-0.25, -0.2) is 17.6 Å². The maximum Gasteiger partial charge on any atom is 0.340 e. The molecule has 28 heavy (non-hydrogen) atoms. The van der Waals surface area contributed by atoms with Gasteiger partial charge in [-0.15, -0.1) is 0 Å². The summed E-state index contributed by atoms with van der Waals surface area (Å²) in [6, 6.07) is 8.50. The number of carbonyl (C=O) groups excluding carboxylic acids is 2. The number of ketones is 1. The highest BCUT2D eigenvalue weighted by atomic mass is 35.5. The fourth-order valence-corrected chi connectivity index (χ4v) is 4.14. The van der Waals surface area contributed by atoms with Crippen LogP contribution in [0, 0.1) is 5.82 Å². The van der Waals surface area contributed by atoms with Gasteiger partial charge in [-0.05, 0) is 42.5 Å². The molecule has 0 aliphatic carbocycles. The van der Waals surface area contributed by atoms with Crippen LogP contribution in [-0.2, 0) is 14.8 Å². The van der Waals surface area contributed by atoms with Crippen LogP contribution >= 0.6 is 11.6 Å². The van der Waals surface area contributed by atoms with Gasteiger partial charge in [-0.1, -0.05) is 25.4 Å². The van der Waals surface area contributed by atoms with Crippen molar-refractivity contribution in [2.24, 2.45) is 0 Å². The minimum Gasteiger partial charge on any atom is -0.454 e. The number of rotatable bonds is 8. The molecule has 0 aliphatic rings. The van der Waals surface area contributed by atoms with Crippen LogP contribution in [0.5, 0.6) is 0 Å². The average Bonchev–Trinajstić information content (AvgIpc) is 2.67. The Balaban J connectivity index is 2.19. The molecule has 0 spiro atoms. The van der Waals surface area contributed by atoms with Gasteiger partial charge in [-0.2, -0.15) is 4.31 Å². The number of sulfonamides is 1. The van der Waals surface area contributed by atoms with Crippen LogP contribution in [0.15, 0.2) is 47.4 Å². The maximum absolute atomic E-state index is 12.9. The highest BCUT2D eigenvalue weighted by Crippen LogP contribution is 2.24. The fraction of sp³-hybridized carbons (Fsp3) is 0.263. The first kappa shape index (κ1) is 22.0. The second kappa shape index (κ2) is 9.27. The molecule has 0 fully saturated rings. The largest absolute Gasteiger partial charge is 0.454 e. The molecular formula is C19H19ClFNO5S. The van der Waals surface area contributed by atoms with Gasteiger partial charge >= 0.3 is 5.97 Å². The molecule has 6 nitrogen and oxygen atoms in total. The number of benzene rings is 2. The quantitative estimate of drug-likeness (QED) is 0.475. The molecule has 0 atom stereocenters. The normalized spacial score (nSPS) is 11.5. The SMILES string of the molecule is CCN(CC)S(=O)(=O)c1ccc(Cl)c(C(=O)OCC(=O)c2ccc(F)cc2)c1. The van der Waals surface area contributed by atoms with Crippen LogP contribution in [0.4, 0.5) is 4.39 Å². The van der Waals surface area contributed by atoms with Crippen molar-refractivity contribution < 1.29 is 27.1 Å². The lowest BCUT2D eigenvalue weighted by atomic mass is 10.1. The smallest absolute Gasteiger partial charge is 0.340 e. The summed E-state index contributed by atoms with van der Waals surface area (Å²) in [5, 5.41) is -0.00210. The van der Waals surface area contributed by atoms with Gasteiger partial charge in [0.1, 0.15) is 5.82 Å². The Morgan fingerprint density at radius 2 is 1.68 bits per heavy atom. The number of nitrogens with zero attached hydrogens (tertiary/aromatic N) is 1. The standard InChI is InChI=1S/C19H19ClFNO5S/c1-3-22(4-2)28(25,26)15-9-10-17(20)16(11-15)19(24)27-12-18(23)13-5-7-14(21)8-6-13/h5-11H,3-4,12H2,1-2H3. The number of hydrogen-bond donors (Lipinski definition) is 0. The van der Waals surface area contributed by atoms with Crippen molar-refractivity contribution >= 4 is 33.4 Å². The molecule has 2 aromatic carbocycles. The number of carbonyl (C=O) groups is 2. The highest BCUT2D eigenvalue weighted by Gasteiger charge is 2.24. The van der Waals surface area contributed by atoms with Crippen molar-refractivity contribution in [3.63, 3.8) is 0 Å². The molecule has 0 aromatic heterocycles. The van der Waals surface area contributed by atoms with Gasteiger partial charge in [0.15, 0.2) is 12.4 Å². The van der Waals surface area contributed by atoms with Crippen molar-refractivity contribution in [1.82, 2.24) is 4.31 Å². The van der Waals surface area contributed by atoms with E-state index in [9.17, 15) is 22.4 Å². The average molecular weight is 428 g/mol. The molecule has 0 saturated heterocycles. The van der Waals surface area contributed by atoms with E-state index < -0.39 is 34.2 Å². The van der Waals surface area contributed by atoms with Gasteiger partial charge in [-0.3, -0.25) is 4.79 Å². The molecular weight excluding hydrogens is 409 g/mol. The Labute approximate surface area is 167 Å². The third kappa shape index (κ3) is 4.95. The fourth-order valence-electron chi connectivity index (χ4n) is 2.46. The van der Waals surface area contributed by atoms with Gasteiger partial charge in [0.05, 0.1) is 15.5 Å². The molecule has 0 radical (unpaired) electrons. The van der Waals surface area contributed by atoms with Crippen molar-refractivity contribution in [3.05, 3.63) is 64.4 Å². The summed E-state index contributed by atoms with van der Waals surface area (Å²) >= 11 is 6.00. The van der Waals surface area contributed by atoms with E-state index in [1.54, 1.807) is 13.8 Å². The number of esters is 1. The predicted molar refractivity (Wildman–Crippen MR) is 103 cm³/mol. The molecule has 0 bridgehead atoms. The van der Waals surface area contributed by atoms with Gasteiger partial charge < -0.3 is 4.74 Å². The molecule has 0 heterocycles. The minimum atomic E-state index is -3.79. The maximum atomic E-state index is 12.9. The first-order chi connectivity index (χ1) is 13.2. The van der Waals surface area contributed by atoms with Crippen LogP contribution in [0.2, 0.25) is 5.02 Å². The van der Waals surface area contributed by atoms with E-state index in [-0.39, 0.29) is 34.1 Å². The third-order valence-electron chi connectivity index (χ3n) is 4.00. The van der Waals surface area contributed by atoms with E-state index >= 15 is 0 Å². The number of hydrogen-bond acceptors (Lipinski definition) is 5. The van der Waals surface area contributed by atoms with E-state index in [0.717, 1.165) is 18.2 Å². The summed E-state index contributed by atoms with van der Waals surface area (Å²) in [6.45, 7) is 3.36. The Bertz CT molecular complexity index is 972. The van der Waals surface area contributed by atoms with Crippen LogP contribution in [-0.4, -0.2) is 44.2 Å². The topological polar surface area (TPSA) is 80.8 Å². The molecule has 0 unspecified atom stereocenters. The zero-order chi connectivity index (χ0) is 20.9. The van der Waals surface area contributed by atoms with Gasteiger partial charge in [0.2, 0.25) is 10.0 Å². The molecule has 150 valence electrons. The second-order valence-electron chi connectivity index (χ2n) is 5.74. The molecule has 0 saturated carbocycles. The Morgan fingerprint density at radius 1 is 1.07 bits per heavy atom. The van der Waals surface area contributed by atoms with Crippen LogP contribution < -0.4 is 0 Å². The van der Waals surface area contributed by atoms with E-state index in [0.29, 0.717) is 0 Å². The first-order valence-corrected chi connectivity index (χ1v) is 10.3.